The number of thiocarbonyl (C=S) groups is 1. The van der Waals surface area contributed by atoms with Crippen molar-refractivity contribution >= 4 is 44.8 Å². The SMILES string of the molecule is Cc1ccc(N(C(=S)NS(=O)(=O)NC(=O)c2ccccc2C)c2ccccc2)cc1. The number of nitrogens with zero attached hydrogens (tertiary/aromatic N) is 1. The zero-order valence-corrected chi connectivity index (χ0v) is 18.1. The summed E-state index contributed by atoms with van der Waals surface area (Å²) in [5, 5.41) is -0.0878. The molecule has 0 aromatic heterocycles. The third-order valence-corrected chi connectivity index (χ3v) is 5.68. The minimum absolute atomic E-state index is 0.0878. The van der Waals surface area contributed by atoms with Crippen molar-refractivity contribution in [1.29, 1.82) is 0 Å². The van der Waals surface area contributed by atoms with E-state index in [1.807, 2.05) is 66.2 Å². The van der Waals surface area contributed by atoms with Gasteiger partial charge in [-0.25, -0.2) is 9.44 Å². The van der Waals surface area contributed by atoms with Crippen LogP contribution in [0.4, 0.5) is 11.4 Å². The van der Waals surface area contributed by atoms with Crippen LogP contribution in [0.5, 0.6) is 0 Å². The van der Waals surface area contributed by atoms with Gasteiger partial charge in [0, 0.05) is 16.9 Å². The fraction of sp³-hybridized carbons (Fsp3) is 0.0909. The van der Waals surface area contributed by atoms with Gasteiger partial charge in [-0.3, -0.25) is 9.69 Å². The topological polar surface area (TPSA) is 78.5 Å². The van der Waals surface area contributed by atoms with Gasteiger partial charge in [-0.1, -0.05) is 54.1 Å². The molecular formula is C22H21N3O3S2. The van der Waals surface area contributed by atoms with Crippen molar-refractivity contribution in [2.24, 2.45) is 0 Å². The fourth-order valence-electron chi connectivity index (χ4n) is 2.85. The lowest BCUT2D eigenvalue weighted by Gasteiger charge is -2.26. The number of carbonyl (C=O) groups is 1. The van der Waals surface area contributed by atoms with E-state index in [0.29, 0.717) is 16.9 Å². The number of aryl methyl sites for hydroxylation is 2. The lowest BCUT2D eigenvalue weighted by Crippen LogP contribution is -2.47. The van der Waals surface area contributed by atoms with E-state index in [1.165, 1.54) is 0 Å². The highest BCUT2D eigenvalue weighted by atomic mass is 32.2. The van der Waals surface area contributed by atoms with Crippen molar-refractivity contribution in [2.75, 3.05) is 4.90 Å². The van der Waals surface area contributed by atoms with E-state index in [9.17, 15) is 13.2 Å². The van der Waals surface area contributed by atoms with Crippen LogP contribution in [0, 0.1) is 13.8 Å². The molecule has 0 heterocycles. The van der Waals surface area contributed by atoms with Crippen LogP contribution in [0.25, 0.3) is 0 Å². The molecule has 0 bridgehead atoms. The monoisotopic (exact) mass is 439 g/mol. The molecular weight excluding hydrogens is 418 g/mol. The van der Waals surface area contributed by atoms with Gasteiger partial charge in [-0.2, -0.15) is 8.42 Å². The van der Waals surface area contributed by atoms with E-state index < -0.39 is 16.1 Å². The first kappa shape index (κ1) is 21.5. The molecule has 0 spiro atoms. The second-order valence-electron chi connectivity index (χ2n) is 6.66. The molecule has 0 saturated carbocycles. The van der Waals surface area contributed by atoms with Crippen molar-refractivity contribution in [3.63, 3.8) is 0 Å². The summed E-state index contributed by atoms with van der Waals surface area (Å²) in [6.07, 6.45) is 0. The summed E-state index contributed by atoms with van der Waals surface area (Å²) in [6, 6.07) is 23.4. The van der Waals surface area contributed by atoms with Crippen molar-refractivity contribution in [3.8, 4) is 0 Å². The Kier molecular flexibility index (Phi) is 6.49. The third kappa shape index (κ3) is 5.22. The average molecular weight is 440 g/mol. The maximum Gasteiger partial charge on any atom is 0.325 e. The quantitative estimate of drug-likeness (QED) is 0.588. The zero-order chi connectivity index (χ0) is 21.7. The van der Waals surface area contributed by atoms with E-state index in [1.54, 1.807) is 36.1 Å². The Labute approximate surface area is 181 Å². The van der Waals surface area contributed by atoms with Crippen LogP contribution in [0.3, 0.4) is 0 Å². The van der Waals surface area contributed by atoms with Crippen LogP contribution < -0.4 is 14.3 Å². The van der Waals surface area contributed by atoms with Gasteiger partial charge in [0.15, 0.2) is 5.11 Å². The molecule has 0 aliphatic rings. The van der Waals surface area contributed by atoms with Crippen LogP contribution >= 0.6 is 12.2 Å². The fourth-order valence-corrected chi connectivity index (χ4v) is 4.11. The van der Waals surface area contributed by atoms with Crippen molar-refractivity contribution < 1.29 is 13.2 Å². The van der Waals surface area contributed by atoms with E-state index in [4.69, 9.17) is 12.2 Å². The van der Waals surface area contributed by atoms with Crippen molar-refractivity contribution in [1.82, 2.24) is 9.44 Å². The number of para-hydroxylation sites is 1. The Morgan fingerprint density at radius 2 is 1.37 bits per heavy atom. The van der Waals surface area contributed by atoms with E-state index in [-0.39, 0.29) is 10.7 Å². The Balaban J connectivity index is 1.85. The normalized spacial score (nSPS) is 10.9. The van der Waals surface area contributed by atoms with E-state index in [2.05, 4.69) is 4.72 Å². The van der Waals surface area contributed by atoms with Crippen LogP contribution in [0.15, 0.2) is 78.9 Å². The number of benzene rings is 3. The molecule has 3 rings (SSSR count). The maximum absolute atomic E-state index is 12.6. The molecule has 3 aromatic carbocycles. The Bertz CT molecular complexity index is 1160. The molecule has 0 aliphatic carbocycles. The highest BCUT2D eigenvalue weighted by Gasteiger charge is 2.22. The minimum atomic E-state index is -4.25. The zero-order valence-electron chi connectivity index (χ0n) is 16.5. The molecule has 3 aromatic rings. The molecule has 154 valence electrons. The molecule has 0 saturated heterocycles. The number of hydrogen-bond donors (Lipinski definition) is 2. The molecule has 8 heteroatoms. The van der Waals surface area contributed by atoms with Gasteiger partial charge in [0.25, 0.3) is 5.91 Å². The van der Waals surface area contributed by atoms with Gasteiger partial charge in [-0.15, -0.1) is 0 Å². The highest BCUT2D eigenvalue weighted by Crippen LogP contribution is 2.25. The van der Waals surface area contributed by atoms with Crippen molar-refractivity contribution in [3.05, 3.63) is 95.6 Å². The maximum atomic E-state index is 12.6. The average Bonchev–Trinajstić information content (AvgIpc) is 2.70. The van der Waals surface area contributed by atoms with Crippen LogP contribution in [-0.2, 0) is 10.2 Å². The largest absolute Gasteiger partial charge is 0.325 e. The van der Waals surface area contributed by atoms with E-state index in [0.717, 1.165) is 5.56 Å². The molecule has 0 aliphatic heterocycles. The van der Waals surface area contributed by atoms with Gasteiger partial charge in [0.1, 0.15) is 0 Å². The van der Waals surface area contributed by atoms with Gasteiger partial charge in [0.2, 0.25) is 0 Å². The number of nitrogens with one attached hydrogen (secondary N) is 2. The molecule has 6 nitrogen and oxygen atoms in total. The standard InChI is InChI=1S/C22H21N3O3S2/c1-16-12-14-19(15-13-16)25(18-9-4-3-5-10-18)22(29)24-30(27,28)23-21(26)20-11-7-6-8-17(20)2/h3-15H,1-2H3,(H,23,26)(H,24,29). The molecule has 0 radical (unpaired) electrons. The predicted octanol–water partition coefficient (Wildman–Crippen LogP) is 3.99. The molecule has 0 unspecified atom stereocenters. The first-order valence-corrected chi connectivity index (χ1v) is 11.0. The summed E-state index contributed by atoms with van der Waals surface area (Å²) in [5.74, 6) is -0.731. The summed E-state index contributed by atoms with van der Waals surface area (Å²) >= 11 is 5.40. The molecule has 1 amide bonds. The predicted molar refractivity (Wildman–Crippen MR) is 123 cm³/mol. The van der Waals surface area contributed by atoms with Gasteiger partial charge >= 0.3 is 10.2 Å². The second-order valence-corrected chi connectivity index (χ2v) is 8.47. The molecule has 2 N–H and O–H groups in total. The van der Waals surface area contributed by atoms with Gasteiger partial charge in [-0.05, 0) is 62.0 Å². The molecule has 0 fully saturated rings. The third-order valence-electron chi connectivity index (χ3n) is 4.35. The summed E-state index contributed by atoms with van der Waals surface area (Å²) in [6.45, 7) is 3.69. The number of anilines is 2. The highest BCUT2D eigenvalue weighted by molar-refractivity contribution is 7.90. The summed E-state index contributed by atoms with van der Waals surface area (Å²) in [7, 11) is -4.25. The number of rotatable bonds is 5. The molecule has 30 heavy (non-hydrogen) atoms. The second kappa shape index (κ2) is 9.06. The van der Waals surface area contributed by atoms with E-state index >= 15 is 0 Å². The van der Waals surface area contributed by atoms with Crippen molar-refractivity contribution in [2.45, 2.75) is 13.8 Å². The Morgan fingerprint density at radius 3 is 2.00 bits per heavy atom. The lowest BCUT2D eigenvalue weighted by atomic mass is 10.1. The van der Waals surface area contributed by atoms with Crippen LogP contribution in [0.2, 0.25) is 0 Å². The number of hydrogen-bond acceptors (Lipinski definition) is 4. The Morgan fingerprint density at radius 1 is 0.800 bits per heavy atom. The lowest BCUT2D eigenvalue weighted by molar-refractivity contribution is 0.0980. The van der Waals surface area contributed by atoms with Crippen LogP contribution in [0.1, 0.15) is 21.5 Å². The summed E-state index contributed by atoms with van der Waals surface area (Å²) in [4.78, 5) is 14.0. The summed E-state index contributed by atoms with van der Waals surface area (Å²) < 4.78 is 29.5. The summed E-state index contributed by atoms with van der Waals surface area (Å²) in [5.41, 5.74) is 3.36. The van der Waals surface area contributed by atoms with Gasteiger partial charge < -0.3 is 0 Å². The van der Waals surface area contributed by atoms with Crippen LogP contribution in [-0.4, -0.2) is 19.4 Å². The first-order chi connectivity index (χ1) is 14.3. The van der Waals surface area contributed by atoms with Gasteiger partial charge in [0.05, 0.1) is 0 Å². The molecule has 0 atom stereocenters. The Hall–Kier alpha value is -3.23. The minimum Gasteiger partial charge on any atom is -0.287 e. The first-order valence-electron chi connectivity index (χ1n) is 9.13. The smallest absolute Gasteiger partial charge is 0.287 e. The number of carbonyl (C=O) groups excluding carboxylic acids is 1. The number of amides is 1.